The molecule has 0 radical (unpaired) electrons. The van der Waals surface area contributed by atoms with Crippen LogP contribution in [0.3, 0.4) is 0 Å². The SMILES string of the molecule is Cc1nc(SC2CC(=O)N(C(C)C)C2=O)sc1C(=O)O. The molecule has 1 aromatic heterocycles. The number of carbonyl (C=O) groups excluding carboxylic acids is 2. The summed E-state index contributed by atoms with van der Waals surface area (Å²) in [4.78, 5) is 40.5. The lowest BCUT2D eigenvalue weighted by molar-refractivity contribution is -0.140. The number of aromatic carboxylic acids is 1. The lowest BCUT2D eigenvalue weighted by Crippen LogP contribution is -2.37. The summed E-state index contributed by atoms with van der Waals surface area (Å²) in [6.07, 6.45) is 0.142. The van der Waals surface area contributed by atoms with Gasteiger partial charge in [0.25, 0.3) is 0 Å². The van der Waals surface area contributed by atoms with Gasteiger partial charge in [-0.1, -0.05) is 11.8 Å². The zero-order valence-electron chi connectivity index (χ0n) is 11.2. The van der Waals surface area contributed by atoms with Crippen molar-refractivity contribution < 1.29 is 19.5 Å². The van der Waals surface area contributed by atoms with Crippen LogP contribution in [0.4, 0.5) is 0 Å². The molecule has 0 aromatic carbocycles. The van der Waals surface area contributed by atoms with Crippen molar-refractivity contribution in [1.82, 2.24) is 9.88 Å². The summed E-state index contributed by atoms with van der Waals surface area (Å²) in [5, 5.41) is 8.48. The van der Waals surface area contributed by atoms with Crippen molar-refractivity contribution in [2.75, 3.05) is 0 Å². The Bertz CT molecular complexity index is 582. The second-order valence-electron chi connectivity index (χ2n) is 4.71. The average molecular weight is 314 g/mol. The number of carbonyl (C=O) groups is 3. The lowest BCUT2D eigenvalue weighted by Gasteiger charge is -2.18. The van der Waals surface area contributed by atoms with Gasteiger partial charge in [-0.2, -0.15) is 0 Å². The summed E-state index contributed by atoms with van der Waals surface area (Å²) >= 11 is 2.21. The van der Waals surface area contributed by atoms with Gasteiger partial charge in [0.1, 0.15) is 4.88 Å². The summed E-state index contributed by atoms with van der Waals surface area (Å²) in [5.74, 6) is -1.43. The zero-order valence-corrected chi connectivity index (χ0v) is 12.9. The molecule has 0 saturated carbocycles. The molecule has 1 saturated heterocycles. The summed E-state index contributed by atoms with van der Waals surface area (Å²) in [6.45, 7) is 5.20. The van der Waals surface area contributed by atoms with Crippen LogP contribution in [0.5, 0.6) is 0 Å². The van der Waals surface area contributed by atoms with E-state index in [1.807, 2.05) is 0 Å². The summed E-state index contributed by atoms with van der Waals surface area (Å²) < 4.78 is 0.511. The third-order valence-corrected chi connectivity index (χ3v) is 5.30. The first kappa shape index (κ1) is 15.0. The van der Waals surface area contributed by atoms with E-state index in [1.54, 1.807) is 20.8 Å². The number of rotatable bonds is 4. The van der Waals surface area contributed by atoms with E-state index in [0.717, 1.165) is 11.3 Å². The topological polar surface area (TPSA) is 87.6 Å². The van der Waals surface area contributed by atoms with Crippen molar-refractivity contribution in [3.63, 3.8) is 0 Å². The molecule has 20 heavy (non-hydrogen) atoms. The molecule has 1 unspecified atom stereocenters. The third-order valence-electron chi connectivity index (χ3n) is 2.87. The van der Waals surface area contributed by atoms with Crippen molar-refractivity contribution in [1.29, 1.82) is 0 Å². The van der Waals surface area contributed by atoms with Gasteiger partial charge < -0.3 is 5.11 Å². The first-order chi connectivity index (χ1) is 9.31. The number of amides is 2. The number of thiazole rings is 1. The molecule has 2 rings (SSSR count). The minimum Gasteiger partial charge on any atom is -0.477 e. The predicted molar refractivity (Wildman–Crippen MR) is 75.1 cm³/mol. The Morgan fingerprint density at radius 1 is 1.50 bits per heavy atom. The number of aromatic nitrogens is 1. The molecule has 1 N–H and O–H groups in total. The van der Waals surface area contributed by atoms with Crippen LogP contribution in [0, 0.1) is 6.92 Å². The van der Waals surface area contributed by atoms with Gasteiger partial charge in [-0.25, -0.2) is 9.78 Å². The molecule has 8 heteroatoms. The van der Waals surface area contributed by atoms with Gasteiger partial charge in [-0.15, -0.1) is 11.3 Å². The van der Waals surface area contributed by atoms with Gasteiger partial charge in [0, 0.05) is 12.5 Å². The van der Waals surface area contributed by atoms with E-state index in [0.29, 0.717) is 10.0 Å². The Labute approximate surface area is 124 Å². The van der Waals surface area contributed by atoms with Gasteiger partial charge in [0.05, 0.1) is 10.9 Å². The minimum atomic E-state index is -1.02. The molecule has 0 spiro atoms. The first-order valence-electron chi connectivity index (χ1n) is 6.04. The molecule has 1 atom stereocenters. The fourth-order valence-corrected chi connectivity index (χ4v) is 4.30. The maximum atomic E-state index is 12.1. The number of thioether (sulfide) groups is 1. The van der Waals surface area contributed by atoms with Gasteiger partial charge in [0.15, 0.2) is 4.34 Å². The maximum Gasteiger partial charge on any atom is 0.347 e. The van der Waals surface area contributed by atoms with Crippen LogP contribution in [0.2, 0.25) is 0 Å². The van der Waals surface area contributed by atoms with Crippen LogP contribution >= 0.6 is 23.1 Å². The number of hydrogen-bond donors (Lipinski definition) is 1. The average Bonchev–Trinajstić information content (AvgIpc) is 2.81. The summed E-state index contributed by atoms with van der Waals surface area (Å²) in [5.41, 5.74) is 0.433. The van der Waals surface area contributed by atoms with Gasteiger partial charge in [0.2, 0.25) is 11.8 Å². The molecular formula is C12H14N2O4S2. The van der Waals surface area contributed by atoms with E-state index in [4.69, 9.17) is 5.11 Å². The van der Waals surface area contributed by atoms with Gasteiger partial charge >= 0.3 is 5.97 Å². The standard InChI is InChI=1S/C12H14N2O4S2/c1-5(2)14-8(15)4-7(10(14)16)19-12-13-6(3)9(20-12)11(17)18/h5,7H,4H2,1-3H3,(H,17,18). The lowest BCUT2D eigenvalue weighted by atomic mass is 10.3. The largest absolute Gasteiger partial charge is 0.477 e. The predicted octanol–water partition coefficient (Wildman–Crippen LogP) is 1.78. The second-order valence-corrected chi connectivity index (χ2v) is 7.15. The van der Waals surface area contributed by atoms with E-state index in [1.165, 1.54) is 16.7 Å². The minimum absolute atomic E-state index is 0.142. The number of aryl methyl sites for hydroxylation is 1. The Morgan fingerprint density at radius 2 is 2.15 bits per heavy atom. The quantitative estimate of drug-likeness (QED) is 0.852. The fourth-order valence-electron chi connectivity index (χ4n) is 2.00. The van der Waals surface area contributed by atoms with Crippen LogP contribution < -0.4 is 0 Å². The summed E-state index contributed by atoms with van der Waals surface area (Å²) in [7, 11) is 0. The maximum absolute atomic E-state index is 12.1. The van der Waals surface area contributed by atoms with Crippen LogP contribution in [0.15, 0.2) is 4.34 Å². The molecule has 108 valence electrons. The van der Waals surface area contributed by atoms with Crippen molar-refractivity contribution in [3.05, 3.63) is 10.6 Å². The Morgan fingerprint density at radius 3 is 2.60 bits per heavy atom. The Hall–Kier alpha value is -1.41. The molecule has 2 amide bonds. The number of carboxylic acid groups (broad SMARTS) is 1. The van der Waals surface area contributed by atoms with Crippen LogP contribution in [-0.2, 0) is 9.59 Å². The summed E-state index contributed by atoms with van der Waals surface area (Å²) in [6, 6.07) is -0.159. The third kappa shape index (κ3) is 2.71. The molecule has 6 nitrogen and oxygen atoms in total. The second kappa shape index (κ2) is 5.53. The molecule has 1 aliphatic heterocycles. The zero-order chi connectivity index (χ0) is 15.0. The first-order valence-corrected chi connectivity index (χ1v) is 7.74. The van der Waals surface area contributed by atoms with E-state index >= 15 is 0 Å². The normalized spacial score (nSPS) is 19.2. The smallest absolute Gasteiger partial charge is 0.347 e. The van der Waals surface area contributed by atoms with Gasteiger partial charge in [-0.05, 0) is 20.8 Å². The Balaban J connectivity index is 2.15. The van der Waals surface area contributed by atoms with E-state index in [2.05, 4.69) is 4.98 Å². The van der Waals surface area contributed by atoms with Crippen molar-refractivity contribution in [2.45, 2.75) is 42.8 Å². The van der Waals surface area contributed by atoms with Gasteiger partial charge in [-0.3, -0.25) is 14.5 Å². The molecular weight excluding hydrogens is 300 g/mol. The number of carboxylic acids is 1. The van der Waals surface area contributed by atoms with E-state index < -0.39 is 11.2 Å². The highest BCUT2D eigenvalue weighted by Gasteiger charge is 2.41. The van der Waals surface area contributed by atoms with Crippen LogP contribution in [0.25, 0.3) is 0 Å². The van der Waals surface area contributed by atoms with Crippen molar-refractivity contribution >= 4 is 40.9 Å². The molecule has 0 aliphatic carbocycles. The number of nitrogens with zero attached hydrogens (tertiary/aromatic N) is 2. The molecule has 1 aliphatic rings. The molecule has 0 bridgehead atoms. The van der Waals surface area contributed by atoms with Crippen LogP contribution in [0.1, 0.15) is 35.6 Å². The number of imide groups is 1. The van der Waals surface area contributed by atoms with Crippen LogP contribution in [-0.4, -0.2) is 44.1 Å². The highest BCUT2D eigenvalue weighted by Crippen LogP contribution is 2.35. The Kier molecular flexibility index (Phi) is 4.14. The van der Waals surface area contributed by atoms with E-state index in [-0.39, 0.29) is 29.2 Å². The van der Waals surface area contributed by atoms with E-state index in [9.17, 15) is 14.4 Å². The highest BCUT2D eigenvalue weighted by molar-refractivity contribution is 8.02. The highest BCUT2D eigenvalue weighted by atomic mass is 32.2. The fraction of sp³-hybridized carbons (Fsp3) is 0.500. The number of hydrogen-bond acceptors (Lipinski definition) is 6. The molecule has 1 aromatic rings. The molecule has 2 heterocycles. The number of likely N-dealkylation sites (tertiary alicyclic amines) is 1. The molecule has 1 fully saturated rings. The monoisotopic (exact) mass is 314 g/mol. The van der Waals surface area contributed by atoms with Crippen molar-refractivity contribution in [3.8, 4) is 0 Å². The van der Waals surface area contributed by atoms with Crippen molar-refractivity contribution in [2.24, 2.45) is 0 Å².